The molecule has 0 bridgehead atoms. The fraction of sp³-hybridized carbons (Fsp3) is 0.591. The normalized spacial score (nSPS) is 12.4. The quantitative estimate of drug-likeness (QED) is 0.407. The summed E-state index contributed by atoms with van der Waals surface area (Å²) < 4.78 is 0. The van der Waals surface area contributed by atoms with Crippen molar-refractivity contribution in [3.63, 3.8) is 0 Å². The van der Waals surface area contributed by atoms with Gasteiger partial charge in [-0.3, -0.25) is 14.8 Å². The first-order chi connectivity index (χ1) is 13.5. The SMILES string of the molecule is CC(C)CCCC(=O)N(O)C(=O)NCCC(=O)NC(C)(C)C(C)c1ccccc1. The van der Waals surface area contributed by atoms with E-state index in [1.54, 1.807) is 0 Å². The van der Waals surface area contributed by atoms with Crippen LogP contribution in [0.15, 0.2) is 30.3 Å². The van der Waals surface area contributed by atoms with Gasteiger partial charge >= 0.3 is 6.03 Å². The number of carbonyl (C=O) groups excluding carboxylic acids is 3. The molecule has 0 heterocycles. The molecule has 0 spiro atoms. The van der Waals surface area contributed by atoms with Crippen LogP contribution in [0.5, 0.6) is 0 Å². The van der Waals surface area contributed by atoms with E-state index < -0.39 is 17.5 Å². The van der Waals surface area contributed by atoms with Crippen LogP contribution >= 0.6 is 0 Å². The van der Waals surface area contributed by atoms with Gasteiger partial charge in [-0.05, 0) is 31.7 Å². The van der Waals surface area contributed by atoms with Crippen LogP contribution in [0.3, 0.4) is 0 Å². The average molecular weight is 406 g/mol. The van der Waals surface area contributed by atoms with Crippen molar-refractivity contribution in [3.8, 4) is 0 Å². The van der Waals surface area contributed by atoms with Crippen LogP contribution in [0.2, 0.25) is 0 Å². The largest absolute Gasteiger partial charge is 0.351 e. The lowest BCUT2D eigenvalue weighted by molar-refractivity contribution is -0.152. The van der Waals surface area contributed by atoms with Crippen LogP contribution in [-0.2, 0) is 9.59 Å². The first kappa shape index (κ1) is 24.6. The summed E-state index contributed by atoms with van der Waals surface area (Å²) in [6.07, 6.45) is 1.61. The van der Waals surface area contributed by atoms with E-state index in [-0.39, 0.29) is 36.3 Å². The number of nitrogens with one attached hydrogen (secondary N) is 2. The number of benzene rings is 1. The lowest BCUT2D eigenvalue weighted by atomic mass is 9.83. The second-order valence-corrected chi connectivity index (χ2v) is 8.38. The van der Waals surface area contributed by atoms with Crippen molar-refractivity contribution in [1.82, 2.24) is 15.7 Å². The van der Waals surface area contributed by atoms with E-state index in [4.69, 9.17) is 0 Å². The Bertz CT molecular complexity index is 674. The number of nitrogens with zero attached hydrogens (tertiary/aromatic N) is 1. The number of hydrogen-bond acceptors (Lipinski definition) is 4. The Morgan fingerprint density at radius 1 is 1.07 bits per heavy atom. The molecule has 1 aromatic rings. The summed E-state index contributed by atoms with van der Waals surface area (Å²) in [7, 11) is 0. The maximum atomic E-state index is 12.3. The molecule has 0 saturated heterocycles. The van der Waals surface area contributed by atoms with E-state index in [0.29, 0.717) is 12.3 Å². The maximum Gasteiger partial charge on any atom is 0.348 e. The highest BCUT2D eigenvalue weighted by Crippen LogP contribution is 2.27. The third-order valence-corrected chi connectivity index (χ3v) is 5.07. The minimum Gasteiger partial charge on any atom is -0.351 e. The lowest BCUT2D eigenvalue weighted by Gasteiger charge is -2.33. The van der Waals surface area contributed by atoms with Crippen LogP contribution in [-0.4, -0.2) is 40.2 Å². The molecule has 0 aliphatic carbocycles. The number of urea groups is 1. The monoisotopic (exact) mass is 405 g/mol. The van der Waals surface area contributed by atoms with Gasteiger partial charge < -0.3 is 10.6 Å². The van der Waals surface area contributed by atoms with Crippen LogP contribution in [0.1, 0.15) is 71.8 Å². The standard InChI is InChI=1S/C22H35N3O4/c1-16(2)10-9-13-20(27)25(29)21(28)23-15-14-19(26)24-22(4,5)17(3)18-11-7-6-8-12-18/h6-8,11-12,16-17,29H,9-10,13-15H2,1-5H3,(H,23,28)(H,24,26). The van der Waals surface area contributed by atoms with Gasteiger partial charge in [0.2, 0.25) is 5.91 Å². The van der Waals surface area contributed by atoms with E-state index in [1.807, 2.05) is 65.0 Å². The van der Waals surface area contributed by atoms with Gasteiger partial charge in [-0.1, -0.05) is 57.5 Å². The van der Waals surface area contributed by atoms with Crippen LogP contribution < -0.4 is 10.6 Å². The Hall–Kier alpha value is -2.41. The fourth-order valence-electron chi connectivity index (χ4n) is 2.93. The summed E-state index contributed by atoms with van der Waals surface area (Å²) in [6.45, 7) is 10.1. The Labute approximate surface area is 173 Å². The Kier molecular flexibility index (Phi) is 9.81. The molecule has 1 rings (SSSR count). The fourth-order valence-corrected chi connectivity index (χ4v) is 2.93. The first-order valence-corrected chi connectivity index (χ1v) is 10.2. The van der Waals surface area contributed by atoms with Gasteiger partial charge in [0.25, 0.3) is 5.91 Å². The third-order valence-electron chi connectivity index (χ3n) is 5.07. The zero-order valence-corrected chi connectivity index (χ0v) is 18.2. The molecule has 0 radical (unpaired) electrons. The molecule has 3 N–H and O–H groups in total. The van der Waals surface area contributed by atoms with Crippen LogP contribution in [0.25, 0.3) is 0 Å². The topological polar surface area (TPSA) is 98.7 Å². The number of rotatable bonds is 10. The minimum absolute atomic E-state index is 0.0246. The Morgan fingerprint density at radius 2 is 1.69 bits per heavy atom. The lowest BCUT2D eigenvalue weighted by Crippen LogP contribution is -2.48. The van der Waals surface area contributed by atoms with Gasteiger partial charge in [0.05, 0.1) is 0 Å². The zero-order valence-electron chi connectivity index (χ0n) is 18.2. The minimum atomic E-state index is -0.913. The summed E-state index contributed by atoms with van der Waals surface area (Å²) >= 11 is 0. The molecule has 1 atom stereocenters. The number of imide groups is 1. The van der Waals surface area contributed by atoms with Crippen LogP contribution in [0.4, 0.5) is 4.79 Å². The van der Waals surface area contributed by atoms with Gasteiger partial charge in [-0.15, -0.1) is 5.06 Å². The maximum absolute atomic E-state index is 12.3. The van der Waals surface area contributed by atoms with Crippen molar-refractivity contribution >= 4 is 17.8 Å². The van der Waals surface area contributed by atoms with E-state index in [1.165, 1.54) is 0 Å². The number of amides is 4. The zero-order chi connectivity index (χ0) is 22.0. The molecule has 7 nitrogen and oxygen atoms in total. The smallest absolute Gasteiger partial charge is 0.348 e. The molecule has 0 saturated carbocycles. The number of hydrogen-bond donors (Lipinski definition) is 3. The van der Waals surface area contributed by atoms with E-state index >= 15 is 0 Å². The number of hydroxylamine groups is 2. The van der Waals surface area contributed by atoms with Crippen molar-refractivity contribution in [1.29, 1.82) is 0 Å². The summed E-state index contributed by atoms with van der Waals surface area (Å²) in [6, 6.07) is 9.00. The summed E-state index contributed by atoms with van der Waals surface area (Å²) in [5.41, 5.74) is 0.649. The second kappa shape index (κ2) is 11.6. The van der Waals surface area contributed by atoms with Crippen LogP contribution in [0, 0.1) is 5.92 Å². The predicted octanol–water partition coefficient (Wildman–Crippen LogP) is 3.83. The molecule has 1 unspecified atom stereocenters. The highest BCUT2D eigenvalue weighted by atomic mass is 16.5. The van der Waals surface area contributed by atoms with E-state index in [9.17, 15) is 19.6 Å². The summed E-state index contributed by atoms with van der Waals surface area (Å²) in [5, 5.41) is 15.2. The van der Waals surface area contributed by atoms with Gasteiger partial charge in [0.15, 0.2) is 0 Å². The third kappa shape index (κ3) is 8.64. The highest BCUT2D eigenvalue weighted by molar-refractivity contribution is 5.92. The molecular formula is C22H35N3O4. The van der Waals surface area contributed by atoms with E-state index in [0.717, 1.165) is 12.0 Å². The molecule has 0 aliphatic heterocycles. The summed E-state index contributed by atoms with van der Waals surface area (Å²) in [4.78, 5) is 35.9. The van der Waals surface area contributed by atoms with Gasteiger partial charge in [-0.25, -0.2) is 4.79 Å². The molecule has 4 amide bonds. The highest BCUT2D eigenvalue weighted by Gasteiger charge is 2.28. The molecule has 162 valence electrons. The average Bonchev–Trinajstić information content (AvgIpc) is 2.66. The van der Waals surface area contributed by atoms with Crippen molar-refractivity contribution in [3.05, 3.63) is 35.9 Å². The molecule has 1 aromatic carbocycles. The summed E-state index contributed by atoms with van der Waals surface area (Å²) in [5.74, 6) is -0.314. The van der Waals surface area contributed by atoms with Crippen molar-refractivity contribution in [2.75, 3.05) is 6.54 Å². The molecule has 0 aliphatic rings. The second-order valence-electron chi connectivity index (χ2n) is 8.38. The molecule has 0 aromatic heterocycles. The van der Waals surface area contributed by atoms with Gasteiger partial charge in [0, 0.05) is 30.8 Å². The number of carbonyl (C=O) groups is 3. The molecular weight excluding hydrogens is 370 g/mol. The Balaban J connectivity index is 2.40. The molecule has 0 fully saturated rings. The van der Waals surface area contributed by atoms with Gasteiger partial charge in [0.1, 0.15) is 0 Å². The van der Waals surface area contributed by atoms with Crippen molar-refractivity contribution in [2.45, 2.75) is 71.8 Å². The van der Waals surface area contributed by atoms with E-state index in [2.05, 4.69) is 10.6 Å². The van der Waals surface area contributed by atoms with Crippen molar-refractivity contribution < 1.29 is 19.6 Å². The van der Waals surface area contributed by atoms with Crippen molar-refractivity contribution in [2.24, 2.45) is 5.92 Å². The molecule has 7 heteroatoms. The first-order valence-electron chi connectivity index (χ1n) is 10.2. The molecule has 29 heavy (non-hydrogen) atoms. The van der Waals surface area contributed by atoms with Gasteiger partial charge in [-0.2, -0.15) is 0 Å². The Morgan fingerprint density at radius 3 is 2.28 bits per heavy atom. The predicted molar refractivity (Wildman–Crippen MR) is 112 cm³/mol.